The highest BCUT2D eigenvalue weighted by atomic mass is 127. The fourth-order valence-electron chi connectivity index (χ4n) is 2.24. The minimum Gasteiger partial charge on any atom is -0.465 e. The Bertz CT molecular complexity index is 1030. The summed E-state index contributed by atoms with van der Waals surface area (Å²) >= 11 is 2.15. The molecule has 5 heteroatoms. The molecule has 0 saturated heterocycles. The first-order valence-electron chi connectivity index (χ1n) is 8.63. The maximum Gasteiger partial charge on any atom is 0.337 e. The van der Waals surface area contributed by atoms with Crippen LogP contribution in [0, 0.1) is 15.4 Å². The van der Waals surface area contributed by atoms with Crippen molar-refractivity contribution in [1.29, 1.82) is 0 Å². The van der Waals surface area contributed by atoms with Crippen LogP contribution in [0.4, 0.5) is 0 Å². The second kappa shape index (κ2) is 11.7. The zero-order chi connectivity index (χ0) is 21.1. The van der Waals surface area contributed by atoms with E-state index in [0.717, 1.165) is 14.7 Å². The molecule has 0 heterocycles. The maximum atomic E-state index is 11.4. The number of carbonyl (C=O) groups is 2. The molecule has 146 valence electrons. The van der Waals surface area contributed by atoms with Gasteiger partial charge in [0.05, 0.1) is 25.3 Å². The van der Waals surface area contributed by atoms with Crippen molar-refractivity contribution >= 4 is 34.5 Å². The second-order valence-electron chi connectivity index (χ2n) is 5.69. The van der Waals surface area contributed by atoms with Crippen molar-refractivity contribution in [2.45, 2.75) is 0 Å². The summed E-state index contributed by atoms with van der Waals surface area (Å²) in [5.41, 5.74) is 2.85. The number of esters is 2. The molecule has 0 aromatic heterocycles. The summed E-state index contributed by atoms with van der Waals surface area (Å²) in [6, 6.07) is 24.1. The highest BCUT2D eigenvalue weighted by molar-refractivity contribution is 14.1. The molecule has 0 fully saturated rings. The van der Waals surface area contributed by atoms with E-state index in [9.17, 15) is 9.59 Å². The molecular formula is C24H19IO4. The number of halogens is 1. The van der Waals surface area contributed by atoms with Crippen molar-refractivity contribution in [2.75, 3.05) is 14.2 Å². The number of ether oxygens (including phenoxy) is 2. The summed E-state index contributed by atoms with van der Waals surface area (Å²) in [5.74, 6) is 5.43. The fraction of sp³-hybridized carbons (Fsp3) is 0.0833. The van der Waals surface area contributed by atoms with E-state index in [2.05, 4.69) is 43.9 Å². The van der Waals surface area contributed by atoms with Crippen LogP contribution in [0.1, 0.15) is 31.8 Å². The molecule has 0 bridgehead atoms. The van der Waals surface area contributed by atoms with E-state index in [4.69, 9.17) is 0 Å². The van der Waals surface area contributed by atoms with E-state index in [0.29, 0.717) is 11.1 Å². The van der Waals surface area contributed by atoms with Crippen LogP contribution in [-0.2, 0) is 9.47 Å². The van der Waals surface area contributed by atoms with E-state index in [1.807, 2.05) is 48.5 Å². The Balaban J connectivity index is 0.000000234. The largest absolute Gasteiger partial charge is 0.465 e. The Morgan fingerprint density at radius 1 is 0.690 bits per heavy atom. The van der Waals surface area contributed by atoms with Crippen molar-refractivity contribution in [3.8, 4) is 11.8 Å². The molecule has 3 rings (SSSR count). The number of methoxy groups -OCH3 is 2. The van der Waals surface area contributed by atoms with Gasteiger partial charge in [-0.05, 0) is 71.1 Å². The van der Waals surface area contributed by atoms with Gasteiger partial charge in [-0.25, -0.2) is 9.59 Å². The molecule has 0 amide bonds. The van der Waals surface area contributed by atoms with Gasteiger partial charge in [0.2, 0.25) is 0 Å². The molecule has 0 aliphatic rings. The van der Waals surface area contributed by atoms with Crippen molar-refractivity contribution < 1.29 is 19.1 Å². The molecule has 0 spiro atoms. The standard InChI is InChI=1S/C16H12O2.C8H7IO2/c1-18-16(17)15-9-5-8-14(12-15)11-10-13-6-3-2-4-7-13;1-11-8(10)6-3-2-4-7(9)5-6/h2-9,12H,1H3;2-5H,1H3. The zero-order valence-corrected chi connectivity index (χ0v) is 18.2. The van der Waals surface area contributed by atoms with E-state index in [-0.39, 0.29) is 11.9 Å². The molecule has 0 radical (unpaired) electrons. The second-order valence-corrected chi connectivity index (χ2v) is 6.94. The SMILES string of the molecule is COC(=O)c1cccc(C#Cc2ccccc2)c1.COC(=O)c1cccc(I)c1. The third-order valence-corrected chi connectivity index (χ3v) is 4.33. The Labute approximate surface area is 184 Å². The monoisotopic (exact) mass is 498 g/mol. The summed E-state index contributed by atoms with van der Waals surface area (Å²) in [6.45, 7) is 0. The predicted octanol–water partition coefficient (Wildman–Crippen LogP) is 4.95. The lowest BCUT2D eigenvalue weighted by Gasteiger charge is -1.98. The van der Waals surface area contributed by atoms with Gasteiger partial charge >= 0.3 is 11.9 Å². The summed E-state index contributed by atoms with van der Waals surface area (Å²) in [4.78, 5) is 22.3. The Hall–Kier alpha value is -3.11. The highest BCUT2D eigenvalue weighted by Gasteiger charge is 2.04. The summed E-state index contributed by atoms with van der Waals surface area (Å²) in [6.07, 6.45) is 0. The Kier molecular flexibility index (Phi) is 8.93. The number of hydrogen-bond donors (Lipinski definition) is 0. The van der Waals surface area contributed by atoms with Crippen LogP contribution in [-0.4, -0.2) is 26.2 Å². The molecule has 3 aromatic carbocycles. The first-order valence-corrected chi connectivity index (χ1v) is 9.70. The highest BCUT2D eigenvalue weighted by Crippen LogP contribution is 2.08. The van der Waals surface area contributed by atoms with Crippen molar-refractivity contribution in [2.24, 2.45) is 0 Å². The van der Waals surface area contributed by atoms with E-state index in [1.54, 1.807) is 30.3 Å². The number of rotatable bonds is 2. The van der Waals surface area contributed by atoms with E-state index in [1.165, 1.54) is 14.2 Å². The van der Waals surface area contributed by atoms with Gasteiger partial charge in [-0.1, -0.05) is 42.2 Å². The van der Waals surface area contributed by atoms with Crippen molar-refractivity contribution in [1.82, 2.24) is 0 Å². The molecule has 29 heavy (non-hydrogen) atoms. The van der Waals surface area contributed by atoms with Gasteiger partial charge in [-0.15, -0.1) is 0 Å². The molecule has 3 aromatic rings. The third-order valence-electron chi connectivity index (χ3n) is 3.65. The van der Waals surface area contributed by atoms with Gasteiger partial charge in [0.1, 0.15) is 0 Å². The number of carbonyl (C=O) groups excluding carboxylic acids is 2. The van der Waals surface area contributed by atoms with Crippen LogP contribution in [0.5, 0.6) is 0 Å². The molecule has 0 saturated carbocycles. The van der Waals surface area contributed by atoms with Gasteiger partial charge in [0, 0.05) is 14.7 Å². The van der Waals surface area contributed by atoms with Crippen LogP contribution in [0.3, 0.4) is 0 Å². The minimum atomic E-state index is -0.349. The molecular weight excluding hydrogens is 479 g/mol. The van der Waals surface area contributed by atoms with Gasteiger partial charge < -0.3 is 9.47 Å². The van der Waals surface area contributed by atoms with E-state index >= 15 is 0 Å². The maximum absolute atomic E-state index is 11.4. The van der Waals surface area contributed by atoms with Crippen LogP contribution in [0.25, 0.3) is 0 Å². The summed E-state index contributed by atoms with van der Waals surface area (Å²) < 4.78 is 10.2. The summed E-state index contributed by atoms with van der Waals surface area (Å²) in [7, 11) is 2.74. The van der Waals surface area contributed by atoms with Crippen molar-refractivity contribution in [3.05, 3.63) is 105 Å². The first-order chi connectivity index (χ1) is 14.0. The van der Waals surface area contributed by atoms with Crippen molar-refractivity contribution in [3.63, 3.8) is 0 Å². The van der Waals surface area contributed by atoms with Crippen LogP contribution in [0.2, 0.25) is 0 Å². The molecule has 0 unspecified atom stereocenters. The zero-order valence-electron chi connectivity index (χ0n) is 16.0. The Morgan fingerprint density at radius 3 is 1.79 bits per heavy atom. The van der Waals surface area contributed by atoms with Crippen LogP contribution in [0.15, 0.2) is 78.9 Å². The average molecular weight is 498 g/mol. The fourth-order valence-corrected chi connectivity index (χ4v) is 2.78. The van der Waals surface area contributed by atoms with Gasteiger partial charge in [0.15, 0.2) is 0 Å². The lowest BCUT2D eigenvalue weighted by atomic mass is 10.1. The summed E-state index contributed by atoms with van der Waals surface area (Å²) in [5, 5.41) is 0. The average Bonchev–Trinajstić information content (AvgIpc) is 2.78. The van der Waals surface area contributed by atoms with E-state index < -0.39 is 0 Å². The molecule has 0 aliphatic carbocycles. The number of hydrogen-bond acceptors (Lipinski definition) is 4. The molecule has 0 aliphatic heterocycles. The van der Waals surface area contributed by atoms with Gasteiger partial charge in [-0.2, -0.15) is 0 Å². The van der Waals surface area contributed by atoms with Crippen LogP contribution >= 0.6 is 22.6 Å². The Morgan fingerprint density at radius 2 is 1.21 bits per heavy atom. The van der Waals surface area contributed by atoms with Gasteiger partial charge in [0.25, 0.3) is 0 Å². The minimum absolute atomic E-state index is 0.288. The lowest BCUT2D eigenvalue weighted by molar-refractivity contribution is 0.0592. The van der Waals surface area contributed by atoms with Gasteiger partial charge in [-0.3, -0.25) is 0 Å². The molecule has 0 atom stereocenters. The third kappa shape index (κ3) is 7.43. The normalized spacial score (nSPS) is 9.21. The molecule has 4 nitrogen and oxygen atoms in total. The lowest BCUT2D eigenvalue weighted by Crippen LogP contribution is -2.00. The quantitative estimate of drug-likeness (QED) is 0.285. The number of benzene rings is 3. The first kappa shape index (κ1) is 22.2. The smallest absolute Gasteiger partial charge is 0.337 e. The van der Waals surface area contributed by atoms with Crippen LogP contribution < -0.4 is 0 Å². The topological polar surface area (TPSA) is 52.6 Å². The predicted molar refractivity (Wildman–Crippen MR) is 121 cm³/mol. The molecule has 0 N–H and O–H groups in total.